The second-order valence-corrected chi connectivity index (χ2v) is 5.79. The Bertz CT molecular complexity index is 649. The average molecular weight is 269 g/mol. The fourth-order valence-corrected chi connectivity index (χ4v) is 2.00. The van der Waals surface area contributed by atoms with Gasteiger partial charge in [0.1, 0.15) is 0 Å². The number of hydrogen-bond donors (Lipinski definition) is 4. The minimum atomic E-state index is -3.15. The van der Waals surface area contributed by atoms with Gasteiger partial charge in [-0.25, -0.2) is 18.1 Å². The van der Waals surface area contributed by atoms with Gasteiger partial charge in [-0.15, -0.1) is 0 Å². The normalized spacial score (nSPS) is 11.8. The number of nitrogen functional groups attached to an aromatic ring is 1. The molecule has 0 spiro atoms. The summed E-state index contributed by atoms with van der Waals surface area (Å²) < 4.78 is 24.1. The van der Waals surface area contributed by atoms with Crippen molar-refractivity contribution in [3.8, 4) is 0 Å². The third-order valence-corrected chi connectivity index (χ3v) is 3.02. The molecule has 7 nitrogen and oxygen atoms in total. The molecule has 1 aromatic heterocycles. The number of imidazole rings is 1. The fraction of sp³-hybridized carbons (Fsp3) is 0.300. The molecule has 2 rings (SSSR count). The van der Waals surface area contributed by atoms with Crippen LogP contribution in [0.5, 0.6) is 0 Å². The van der Waals surface area contributed by atoms with Gasteiger partial charge in [-0.1, -0.05) is 0 Å². The summed E-state index contributed by atoms with van der Waals surface area (Å²) in [5, 5.41) is 2.99. The van der Waals surface area contributed by atoms with E-state index >= 15 is 0 Å². The Balaban J connectivity index is 1.96. The lowest BCUT2D eigenvalue weighted by Crippen LogP contribution is -2.27. The molecular formula is C10H15N5O2S. The van der Waals surface area contributed by atoms with Crippen LogP contribution < -0.4 is 15.8 Å². The summed E-state index contributed by atoms with van der Waals surface area (Å²) in [4.78, 5) is 7.34. The Morgan fingerprint density at radius 1 is 1.39 bits per heavy atom. The Hall–Kier alpha value is -1.80. The molecule has 98 valence electrons. The maximum absolute atomic E-state index is 10.8. The number of nitrogens with zero attached hydrogens (tertiary/aromatic N) is 1. The van der Waals surface area contributed by atoms with E-state index in [4.69, 9.17) is 5.73 Å². The average Bonchev–Trinajstić information content (AvgIpc) is 2.65. The molecule has 0 aliphatic heterocycles. The first kappa shape index (κ1) is 12.7. The number of benzene rings is 1. The second-order valence-electron chi connectivity index (χ2n) is 3.96. The number of nitrogens with two attached hydrogens (primary N) is 1. The lowest BCUT2D eigenvalue weighted by Gasteiger charge is -2.02. The number of hydrogen-bond acceptors (Lipinski definition) is 5. The predicted octanol–water partition coefficient (Wildman–Crippen LogP) is 0.106. The lowest BCUT2D eigenvalue weighted by atomic mass is 10.3. The Kier molecular flexibility index (Phi) is 3.39. The molecule has 0 saturated heterocycles. The van der Waals surface area contributed by atoms with Gasteiger partial charge in [0.2, 0.25) is 16.0 Å². The number of sulfonamides is 1. The maximum Gasteiger partial charge on any atom is 0.208 e. The van der Waals surface area contributed by atoms with Crippen molar-refractivity contribution < 1.29 is 8.42 Å². The summed E-state index contributed by atoms with van der Waals surface area (Å²) in [5.41, 5.74) is 7.97. The lowest BCUT2D eigenvalue weighted by molar-refractivity contribution is 0.589. The van der Waals surface area contributed by atoms with Gasteiger partial charge >= 0.3 is 0 Å². The number of anilines is 2. The van der Waals surface area contributed by atoms with Gasteiger partial charge in [0.05, 0.1) is 17.3 Å². The highest BCUT2D eigenvalue weighted by Crippen LogP contribution is 2.16. The molecule has 2 aromatic rings. The zero-order chi connectivity index (χ0) is 13.2. The summed E-state index contributed by atoms with van der Waals surface area (Å²) in [6.45, 7) is 0.750. The molecule has 0 bridgehead atoms. The number of aromatic nitrogens is 2. The van der Waals surface area contributed by atoms with E-state index < -0.39 is 10.0 Å². The first-order valence-electron chi connectivity index (χ1n) is 5.38. The topological polar surface area (TPSA) is 113 Å². The van der Waals surface area contributed by atoms with E-state index in [1.165, 1.54) is 0 Å². The van der Waals surface area contributed by atoms with E-state index in [1.54, 1.807) is 12.1 Å². The van der Waals surface area contributed by atoms with Crippen LogP contribution in [0.1, 0.15) is 0 Å². The van der Waals surface area contributed by atoms with Crippen LogP contribution in [0, 0.1) is 0 Å². The van der Waals surface area contributed by atoms with Crippen molar-refractivity contribution in [3.63, 3.8) is 0 Å². The van der Waals surface area contributed by atoms with Gasteiger partial charge in [-0.05, 0) is 18.2 Å². The quantitative estimate of drug-likeness (QED) is 0.454. The molecule has 1 aromatic carbocycles. The highest BCUT2D eigenvalue weighted by atomic mass is 32.2. The van der Waals surface area contributed by atoms with E-state index in [2.05, 4.69) is 20.0 Å². The Labute approximate surface area is 105 Å². The maximum atomic E-state index is 10.8. The van der Waals surface area contributed by atoms with Crippen molar-refractivity contribution >= 4 is 32.7 Å². The Morgan fingerprint density at radius 3 is 2.89 bits per heavy atom. The number of fused-ring (bicyclic) bond motifs is 1. The molecule has 1 heterocycles. The number of rotatable bonds is 5. The minimum Gasteiger partial charge on any atom is -0.399 e. The van der Waals surface area contributed by atoms with Gasteiger partial charge in [0.15, 0.2) is 0 Å². The van der Waals surface area contributed by atoms with Crippen molar-refractivity contribution in [2.24, 2.45) is 0 Å². The van der Waals surface area contributed by atoms with Crippen molar-refractivity contribution in [3.05, 3.63) is 18.2 Å². The van der Waals surface area contributed by atoms with Crippen LogP contribution in [-0.4, -0.2) is 37.7 Å². The zero-order valence-electron chi connectivity index (χ0n) is 9.90. The second kappa shape index (κ2) is 4.83. The van der Waals surface area contributed by atoms with E-state index in [0.29, 0.717) is 24.7 Å². The van der Waals surface area contributed by atoms with Crippen LogP contribution in [0.15, 0.2) is 18.2 Å². The molecule has 5 N–H and O–H groups in total. The molecule has 0 atom stereocenters. The molecular weight excluding hydrogens is 254 g/mol. The van der Waals surface area contributed by atoms with Crippen LogP contribution in [0.4, 0.5) is 11.6 Å². The largest absolute Gasteiger partial charge is 0.399 e. The minimum absolute atomic E-state index is 0.304. The van der Waals surface area contributed by atoms with Crippen LogP contribution in [-0.2, 0) is 10.0 Å². The van der Waals surface area contributed by atoms with Crippen LogP contribution in [0.25, 0.3) is 11.0 Å². The third-order valence-electron chi connectivity index (χ3n) is 2.29. The van der Waals surface area contributed by atoms with Crippen molar-refractivity contribution in [1.82, 2.24) is 14.7 Å². The van der Waals surface area contributed by atoms with Gasteiger partial charge < -0.3 is 16.0 Å². The van der Waals surface area contributed by atoms with Crippen molar-refractivity contribution in [2.45, 2.75) is 0 Å². The van der Waals surface area contributed by atoms with Gasteiger partial charge in [0, 0.05) is 18.8 Å². The Morgan fingerprint density at radius 2 is 2.17 bits per heavy atom. The molecule has 8 heteroatoms. The van der Waals surface area contributed by atoms with Crippen molar-refractivity contribution in [2.75, 3.05) is 30.4 Å². The van der Waals surface area contributed by atoms with E-state index in [9.17, 15) is 8.42 Å². The van der Waals surface area contributed by atoms with Crippen molar-refractivity contribution in [1.29, 1.82) is 0 Å². The predicted molar refractivity (Wildman–Crippen MR) is 71.8 cm³/mol. The molecule has 0 aliphatic rings. The van der Waals surface area contributed by atoms with Gasteiger partial charge in [0.25, 0.3) is 0 Å². The summed E-state index contributed by atoms with van der Waals surface area (Å²) in [7, 11) is -3.15. The SMILES string of the molecule is CS(=O)(=O)NCCNc1nc2ccc(N)cc2[nH]1. The highest BCUT2D eigenvalue weighted by molar-refractivity contribution is 7.88. The summed E-state index contributed by atoms with van der Waals surface area (Å²) in [6.07, 6.45) is 1.12. The van der Waals surface area contributed by atoms with Crippen LogP contribution in [0.2, 0.25) is 0 Å². The molecule has 0 aliphatic carbocycles. The fourth-order valence-electron chi connectivity index (χ4n) is 1.53. The number of aromatic amines is 1. The van der Waals surface area contributed by atoms with Crippen LogP contribution in [0.3, 0.4) is 0 Å². The summed E-state index contributed by atoms with van der Waals surface area (Å²) in [6, 6.07) is 5.39. The van der Waals surface area contributed by atoms with E-state index in [-0.39, 0.29) is 0 Å². The monoisotopic (exact) mass is 269 g/mol. The number of nitrogens with one attached hydrogen (secondary N) is 3. The molecule has 0 radical (unpaired) electrons. The third kappa shape index (κ3) is 3.34. The van der Waals surface area contributed by atoms with E-state index in [0.717, 1.165) is 17.3 Å². The van der Waals surface area contributed by atoms with Gasteiger partial charge in [-0.3, -0.25) is 0 Å². The van der Waals surface area contributed by atoms with E-state index in [1.807, 2.05) is 6.07 Å². The molecule has 0 fully saturated rings. The van der Waals surface area contributed by atoms with Crippen LogP contribution >= 0.6 is 0 Å². The highest BCUT2D eigenvalue weighted by Gasteiger charge is 2.03. The molecule has 0 saturated carbocycles. The first-order valence-corrected chi connectivity index (χ1v) is 7.27. The summed E-state index contributed by atoms with van der Waals surface area (Å²) >= 11 is 0. The molecule has 0 unspecified atom stereocenters. The first-order chi connectivity index (χ1) is 8.44. The summed E-state index contributed by atoms with van der Waals surface area (Å²) in [5.74, 6) is 0.589. The smallest absolute Gasteiger partial charge is 0.208 e. The molecule has 18 heavy (non-hydrogen) atoms. The number of H-pyrrole nitrogens is 1. The standard InChI is InChI=1S/C10H15N5O2S/c1-18(16,17)13-5-4-12-10-14-8-3-2-7(11)6-9(8)15-10/h2-3,6,13H,4-5,11H2,1H3,(H2,12,14,15). The molecule has 0 amide bonds. The zero-order valence-corrected chi connectivity index (χ0v) is 10.7. The van der Waals surface area contributed by atoms with Gasteiger partial charge in [-0.2, -0.15) is 0 Å².